The highest BCUT2D eigenvalue weighted by atomic mass is 16.2. The molecule has 3 N–H and O–H groups in total. The second-order valence-electron chi connectivity index (χ2n) is 5.04. The fourth-order valence-electron chi connectivity index (χ4n) is 2.29. The van der Waals surface area contributed by atoms with Gasteiger partial charge in [0.2, 0.25) is 5.91 Å². The van der Waals surface area contributed by atoms with E-state index in [0.717, 1.165) is 32.4 Å². The molecule has 4 heteroatoms. The second-order valence-corrected chi connectivity index (χ2v) is 5.04. The Kier molecular flexibility index (Phi) is 5.36. The molecule has 0 aliphatic carbocycles. The zero-order valence-electron chi connectivity index (χ0n) is 11.6. The number of hydrazine groups is 1. The Morgan fingerprint density at radius 3 is 3.11 bits per heavy atom. The first-order chi connectivity index (χ1) is 9.29. The van der Waals surface area contributed by atoms with Gasteiger partial charge in [-0.05, 0) is 36.1 Å². The molecule has 0 saturated carbocycles. The molecule has 1 aliphatic heterocycles. The highest BCUT2D eigenvalue weighted by molar-refractivity contribution is 5.75. The quantitative estimate of drug-likeness (QED) is 0.682. The van der Waals surface area contributed by atoms with Crippen LogP contribution in [0.4, 0.5) is 0 Å². The fraction of sp³-hybridized carbons (Fsp3) is 0.533. The van der Waals surface area contributed by atoms with E-state index in [1.807, 2.05) is 0 Å². The molecule has 4 nitrogen and oxygen atoms in total. The Morgan fingerprint density at radius 1 is 1.37 bits per heavy atom. The molecule has 1 amide bonds. The van der Waals surface area contributed by atoms with Crippen LogP contribution in [0.25, 0.3) is 0 Å². The Balaban J connectivity index is 1.78. The molecule has 0 unspecified atom stereocenters. The summed E-state index contributed by atoms with van der Waals surface area (Å²) in [5.74, 6) is 0.0732. The van der Waals surface area contributed by atoms with Gasteiger partial charge >= 0.3 is 0 Å². The van der Waals surface area contributed by atoms with Gasteiger partial charge in [0, 0.05) is 19.5 Å². The van der Waals surface area contributed by atoms with Crippen LogP contribution in [0.15, 0.2) is 18.2 Å². The third-order valence-electron chi connectivity index (χ3n) is 3.43. The van der Waals surface area contributed by atoms with Crippen molar-refractivity contribution in [2.45, 2.75) is 45.7 Å². The Bertz CT molecular complexity index is 431. The summed E-state index contributed by atoms with van der Waals surface area (Å²) in [6.45, 7) is 4.79. The predicted molar refractivity (Wildman–Crippen MR) is 76.4 cm³/mol. The molecule has 19 heavy (non-hydrogen) atoms. The third-order valence-corrected chi connectivity index (χ3v) is 3.43. The van der Waals surface area contributed by atoms with Crippen LogP contribution in [0, 0.1) is 0 Å². The topological polar surface area (TPSA) is 53.2 Å². The van der Waals surface area contributed by atoms with Crippen molar-refractivity contribution in [2.75, 3.05) is 6.54 Å². The lowest BCUT2D eigenvalue weighted by Crippen LogP contribution is -2.36. The average Bonchev–Trinajstić information content (AvgIpc) is 2.45. The van der Waals surface area contributed by atoms with Crippen LogP contribution >= 0.6 is 0 Å². The van der Waals surface area contributed by atoms with Crippen LogP contribution in [0.1, 0.15) is 42.9 Å². The summed E-state index contributed by atoms with van der Waals surface area (Å²) in [5.41, 5.74) is 9.78. The van der Waals surface area contributed by atoms with Gasteiger partial charge in [-0.2, -0.15) is 0 Å². The van der Waals surface area contributed by atoms with Gasteiger partial charge in [-0.15, -0.1) is 0 Å². The monoisotopic (exact) mass is 261 g/mol. The molecule has 1 aliphatic rings. The fourth-order valence-corrected chi connectivity index (χ4v) is 2.29. The molecule has 1 aromatic carbocycles. The number of nitrogens with one attached hydrogen (secondary N) is 3. The van der Waals surface area contributed by atoms with Gasteiger partial charge in [0.25, 0.3) is 0 Å². The normalized spacial score (nSPS) is 13.9. The molecule has 0 radical (unpaired) electrons. The number of carbonyl (C=O) groups excluding carboxylic acids is 1. The molecule has 0 spiro atoms. The van der Waals surface area contributed by atoms with Crippen molar-refractivity contribution < 1.29 is 4.79 Å². The number of carbonyl (C=O) groups is 1. The van der Waals surface area contributed by atoms with Gasteiger partial charge in [-0.1, -0.05) is 31.5 Å². The Labute approximate surface area is 114 Å². The maximum absolute atomic E-state index is 11.4. The van der Waals surface area contributed by atoms with E-state index in [-0.39, 0.29) is 5.91 Å². The first-order valence-corrected chi connectivity index (χ1v) is 7.12. The summed E-state index contributed by atoms with van der Waals surface area (Å²) in [6, 6.07) is 6.54. The SMILES string of the molecule is CCCCC(=O)NNCc1ccc2c(c1)CCNC2. The molecule has 1 heterocycles. The summed E-state index contributed by atoms with van der Waals surface area (Å²) in [5, 5.41) is 3.37. The molecule has 1 aromatic rings. The number of fused-ring (bicyclic) bond motifs is 1. The van der Waals surface area contributed by atoms with E-state index in [2.05, 4.69) is 41.3 Å². The third kappa shape index (κ3) is 4.33. The summed E-state index contributed by atoms with van der Waals surface area (Å²) in [4.78, 5) is 11.4. The lowest BCUT2D eigenvalue weighted by Gasteiger charge is -2.18. The van der Waals surface area contributed by atoms with Crippen molar-refractivity contribution in [1.29, 1.82) is 0 Å². The lowest BCUT2D eigenvalue weighted by atomic mass is 9.98. The zero-order chi connectivity index (χ0) is 13.5. The number of rotatable bonds is 6. The van der Waals surface area contributed by atoms with E-state index < -0.39 is 0 Å². The maximum atomic E-state index is 11.4. The highest BCUT2D eigenvalue weighted by Crippen LogP contribution is 2.15. The number of unbranched alkanes of at least 4 members (excludes halogenated alkanes) is 1. The van der Waals surface area contributed by atoms with E-state index in [0.29, 0.717) is 13.0 Å². The number of amides is 1. The van der Waals surface area contributed by atoms with Crippen LogP contribution in [-0.4, -0.2) is 12.5 Å². The van der Waals surface area contributed by atoms with Crippen LogP contribution < -0.4 is 16.2 Å². The predicted octanol–water partition coefficient (Wildman–Crippen LogP) is 1.64. The van der Waals surface area contributed by atoms with Gasteiger partial charge in [0.05, 0.1) is 0 Å². The molecule has 2 rings (SSSR count). The molecule has 0 saturated heterocycles. The van der Waals surface area contributed by atoms with Gasteiger partial charge in [-0.25, -0.2) is 5.43 Å². The summed E-state index contributed by atoms with van der Waals surface area (Å²) < 4.78 is 0. The maximum Gasteiger partial charge on any atom is 0.234 e. The molecule has 0 fully saturated rings. The first kappa shape index (κ1) is 14.0. The van der Waals surface area contributed by atoms with Crippen LogP contribution in [0.5, 0.6) is 0 Å². The van der Waals surface area contributed by atoms with Crippen molar-refractivity contribution in [3.05, 3.63) is 34.9 Å². The minimum atomic E-state index is 0.0732. The minimum absolute atomic E-state index is 0.0732. The smallest absolute Gasteiger partial charge is 0.234 e. The standard InChI is InChI=1S/C15H23N3O/c1-2-3-4-15(19)18-17-10-12-5-6-14-11-16-8-7-13(14)9-12/h5-6,9,16-17H,2-4,7-8,10-11H2,1H3,(H,18,19). The van der Waals surface area contributed by atoms with Crippen molar-refractivity contribution in [1.82, 2.24) is 16.2 Å². The van der Waals surface area contributed by atoms with E-state index >= 15 is 0 Å². The highest BCUT2D eigenvalue weighted by Gasteiger charge is 2.08. The number of hydrogen-bond acceptors (Lipinski definition) is 3. The summed E-state index contributed by atoms with van der Waals surface area (Å²) in [7, 11) is 0. The molecular formula is C15H23N3O. The van der Waals surface area contributed by atoms with Crippen LogP contribution in [0.2, 0.25) is 0 Å². The summed E-state index contributed by atoms with van der Waals surface area (Å²) >= 11 is 0. The van der Waals surface area contributed by atoms with Crippen LogP contribution in [0.3, 0.4) is 0 Å². The zero-order valence-corrected chi connectivity index (χ0v) is 11.6. The van der Waals surface area contributed by atoms with E-state index in [1.54, 1.807) is 0 Å². The molecule has 0 atom stereocenters. The van der Waals surface area contributed by atoms with Crippen molar-refractivity contribution in [2.24, 2.45) is 0 Å². The number of hydrogen-bond donors (Lipinski definition) is 3. The van der Waals surface area contributed by atoms with E-state index in [9.17, 15) is 4.79 Å². The molecular weight excluding hydrogens is 238 g/mol. The van der Waals surface area contributed by atoms with Crippen molar-refractivity contribution in [3.63, 3.8) is 0 Å². The Hall–Kier alpha value is -1.39. The summed E-state index contributed by atoms with van der Waals surface area (Å²) in [6.07, 6.45) is 3.68. The minimum Gasteiger partial charge on any atom is -0.312 e. The van der Waals surface area contributed by atoms with Gasteiger partial charge in [0.1, 0.15) is 0 Å². The van der Waals surface area contributed by atoms with E-state index in [4.69, 9.17) is 0 Å². The second kappa shape index (κ2) is 7.26. The van der Waals surface area contributed by atoms with Crippen molar-refractivity contribution >= 4 is 5.91 Å². The molecule has 0 bridgehead atoms. The van der Waals surface area contributed by atoms with Crippen LogP contribution in [-0.2, 0) is 24.3 Å². The largest absolute Gasteiger partial charge is 0.312 e. The van der Waals surface area contributed by atoms with Gasteiger partial charge in [-0.3, -0.25) is 10.2 Å². The lowest BCUT2D eigenvalue weighted by molar-refractivity contribution is -0.122. The molecule has 0 aromatic heterocycles. The van der Waals surface area contributed by atoms with Crippen molar-refractivity contribution in [3.8, 4) is 0 Å². The molecule has 104 valence electrons. The Morgan fingerprint density at radius 2 is 2.26 bits per heavy atom. The average molecular weight is 261 g/mol. The van der Waals surface area contributed by atoms with Gasteiger partial charge in [0.15, 0.2) is 0 Å². The number of benzene rings is 1. The first-order valence-electron chi connectivity index (χ1n) is 7.12. The van der Waals surface area contributed by atoms with E-state index in [1.165, 1.54) is 16.7 Å². The van der Waals surface area contributed by atoms with Gasteiger partial charge < -0.3 is 5.32 Å².